The number of anilines is 2. The Hall–Kier alpha value is -0.970. The fourth-order valence-electron chi connectivity index (χ4n) is 1.92. The molecule has 1 rings (SSSR count). The Morgan fingerprint density at radius 2 is 1.85 bits per heavy atom. The van der Waals surface area contributed by atoms with Crippen LogP contribution >= 0.6 is 23.2 Å². The minimum Gasteiger partial charge on any atom is -0.399 e. The number of benzene rings is 1. The fourth-order valence-corrected chi connectivity index (χ4v) is 2.52. The minimum absolute atomic E-state index is 0.104. The van der Waals surface area contributed by atoms with Gasteiger partial charge in [0.2, 0.25) is 5.91 Å². The molecule has 0 heterocycles. The Morgan fingerprint density at radius 1 is 1.25 bits per heavy atom. The van der Waals surface area contributed by atoms with E-state index in [9.17, 15) is 4.79 Å². The van der Waals surface area contributed by atoms with Crippen LogP contribution in [0.4, 0.5) is 11.4 Å². The summed E-state index contributed by atoms with van der Waals surface area (Å²) in [7, 11) is 0. The van der Waals surface area contributed by atoms with Gasteiger partial charge in [-0.2, -0.15) is 0 Å². The van der Waals surface area contributed by atoms with Crippen molar-refractivity contribution in [3.63, 3.8) is 0 Å². The molecule has 3 N–H and O–H groups in total. The zero-order valence-corrected chi connectivity index (χ0v) is 13.4. The molecule has 0 atom stereocenters. The second-order valence-corrected chi connectivity index (χ2v) is 5.41. The molecule has 0 aromatic heterocycles. The maximum absolute atomic E-state index is 11.9. The predicted molar refractivity (Wildman–Crippen MR) is 86.5 cm³/mol. The molecule has 1 aromatic carbocycles. The highest BCUT2D eigenvalue weighted by Gasteiger charge is 2.12. The van der Waals surface area contributed by atoms with Crippen LogP contribution in [0.25, 0.3) is 0 Å². The zero-order valence-electron chi connectivity index (χ0n) is 11.9. The third-order valence-corrected chi connectivity index (χ3v) is 3.57. The Bertz CT molecular complexity index is 443. The molecule has 0 spiro atoms. The Labute approximate surface area is 130 Å². The van der Waals surface area contributed by atoms with E-state index in [1.54, 1.807) is 12.1 Å². The monoisotopic (exact) mass is 317 g/mol. The van der Waals surface area contributed by atoms with E-state index < -0.39 is 0 Å². The van der Waals surface area contributed by atoms with E-state index in [0.29, 0.717) is 27.8 Å². The molecule has 1 amide bonds. The van der Waals surface area contributed by atoms with E-state index in [1.165, 1.54) is 0 Å². The van der Waals surface area contributed by atoms with E-state index >= 15 is 0 Å². The molecular weight excluding hydrogens is 297 g/mol. The van der Waals surface area contributed by atoms with Crippen molar-refractivity contribution in [3.05, 3.63) is 22.2 Å². The summed E-state index contributed by atoms with van der Waals surface area (Å²) in [6, 6.07) is 3.14. The molecular formula is C14H21Cl2N3O. The molecule has 112 valence electrons. The lowest BCUT2D eigenvalue weighted by Crippen LogP contribution is -2.28. The summed E-state index contributed by atoms with van der Waals surface area (Å²) in [5.41, 5.74) is 6.51. The first-order chi connectivity index (χ1) is 9.47. The number of nitrogen functional groups attached to an aromatic ring is 1. The number of rotatable bonds is 7. The average Bonchev–Trinajstić information content (AvgIpc) is 2.38. The van der Waals surface area contributed by atoms with E-state index in [-0.39, 0.29) is 5.91 Å². The number of nitrogens with one attached hydrogen (secondary N) is 1. The van der Waals surface area contributed by atoms with Crippen LogP contribution in [0.1, 0.15) is 26.7 Å². The van der Waals surface area contributed by atoms with Gasteiger partial charge < -0.3 is 16.0 Å². The van der Waals surface area contributed by atoms with Gasteiger partial charge in [-0.15, -0.1) is 0 Å². The molecule has 0 saturated carbocycles. The van der Waals surface area contributed by atoms with Gasteiger partial charge in [0.25, 0.3) is 0 Å². The van der Waals surface area contributed by atoms with Crippen LogP contribution in [0.5, 0.6) is 0 Å². The number of carbonyl (C=O) groups excluding carboxylic acids is 1. The molecule has 0 fully saturated rings. The average molecular weight is 318 g/mol. The first-order valence-corrected chi connectivity index (χ1v) is 7.50. The van der Waals surface area contributed by atoms with E-state index in [2.05, 4.69) is 24.1 Å². The van der Waals surface area contributed by atoms with Crippen molar-refractivity contribution in [2.75, 3.05) is 30.7 Å². The number of halogens is 2. The first-order valence-electron chi connectivity index (χ1n) is 6.74. The van der Waals surface area contributed by atoms with Crippen molar-refractivity contribution in [2.24, 2.45) is 0 Å². The molecule has 0 radical (unpaired) electrons. The van der Waals surface area contributed by atoms with Gasteiger partial charge in [0, 0.05) is 18.7 Å². The second kappa shape index (κ2) is 8.35. The molecule has 4 nitrogen and oxygen atoms in total. The van der Waals surface area contributed by atoms with Gasteiger partial charge in [0.05, 0.1) is 15.7 Å². The second-order valence-electron chi connectivity index (χ2n) is 4.59. The molecule has 20 heavy (non-hydrogen) atoms. The summed E-state index contributed by atoms with van der Waals surface area (Å²) in [6.07, 6.45) is 1.48. The zero-order chi connectivity index (χ0) is 15.1. The van der Waals surface area contributed by atoms with Gasteiger partial charge in [0.15, 0.2) is 0 Å². The van der Waals surface area contributed by atoms with Crippen molar-refractivity contribution in [2.45, 2.75) is 26.7 Å². The summed E-state index contributed by atoms with van der Waals surface area (Å²) < 4.78 is 0. The van der Waals surface area contributed by atoms with Gasteiger partial charge in [-0.05, 0) is 31.6 Å². The smallest absolute Gasteiger partial charge is 0.225 e. The van der Waals surface area contributed by atoms with E-state index in [4.69, 9.17) is 28.9 Å². The lowest BCUT2D eigenvalue weighted by atomic mass is 10.2. The van der Waals surface area contributed by atoms with E-state index in [1.807, 2.05) is 0 Å². The molecule has 0 aliphatic carbocycles. The Kier molecular flexibility index (Phi) is 7.13. The SMILES string of the molecule is CCCN(CC)CCC(=O)Nc1c(Cl)cc(N)cc1Cl. The van der Waals surface area contributed by atoms with Gasteiger partial charge in [-0.3, -0.25) is 4.79 Å². The number of carbonyl (C=O) groups is 1. The van der Waals surface area contributed by atoms with Gasteiger partial charge in [0.1, 0.15) is 0 Å². The highest BCUT2D eigenvalue weighted by molar-refractivity contribution is 6.40. The topological polar surface area (TPSA) is 58.4 Å². The van der Waals surface area contributed by atoms with Gasteiger partial charge in [-0.25, -0.2) is 0 Å². The Balaban J connectivity index is 2.59. The van der Waals surface area contributed by atoms with Crippen LogP contribution in [0, 0.1) is 0 Å². The molecule has 0 bridgehead atoms. The minimum atomic E-state index is -0.104. The fraction of sp³-hybridized carbons (Fsp3) is 0.500. The van der Waals surface area contributed by atoms with Crippen molar-refractivity contribution in [3.8, 4) is 0 Å². The molecule has 1 aromatic rings. The quantitative estimate of drug-likeness (QED) is 0.755. The molecule has 0 aliphatic rings. The number of nitrogens with zero attached hydrogens (tertiary/aromatic N) is 1. The predicted octanol–water partition coefficient (Wildman–Crippen LogP) is 3.64. The third kappa shape index (κ3) is 5.19. The van der Waals surface area contributed by atoms with Crippen LogP contribution in [-0.2, 0) is 4.79 Å². The van der Waals surface area contributed by atoms with Crippen LogP contribution in [0.2, 0.25) is 10.0 Å². The van der Waals surface area contributed by atoms with Crippen molar-refractivity contribution in [1.29, 1.82) is 0 Å². The van der Waals surface area contributed by atoms with Crippen molar-refractivity contribution >= 4 is 40.5 Å². The maximum Gasteiger partial charge on any atom is 0.225 e. The first kappa shape index (κ1) is 17.1. The molecule has 0 aliphatic heterocycles. The summed E-state index contributed by atoms with van der Waals surface area (Å²) in [6.45, 7) is 6.86. The number of hydrogen-bond acceptors (Lipinski definition) is 3. The summed E-state index contributed by atoms with van der Waals surface area (Å²) in [5, 5.41) is 3.44. The molecule has 0 saturated heterocycles. The van der Waals surface area contributed by atoms with Crippen molar-refractivity contribution < 1.29 is 4.79 Å². The molecule has 6 heteroatoms. The Morgan fingerprint density at radius 3 is 2.35 bits per heavy atom. The summed E-state index contributed by atoms with van der Waals surface area (Å²) >= 11 is 12.1. The van der Waals surface area contributed by atoms with Crippen LogP contribution in [-0.4, -0.2) is 30.4 Å². The lowest BCUT2D eigenvalue weighted by molar-refractivity contribution is -0.116. The van der Waals surface area contributed by atoms with Crippen LogP contribution < -0.4 is 11.1 Å². The number of nitrogens with two attached hydrogens (primary N) is 1. The van der Waals surface area contributed by atoms with Gasteiger partial charge >= 0.3 is 0 Å². The number of hydrogen-bond donors (Lipinski definition) is 2. The highest BCUT2D eigenvalue weighted by Crippen LogP contribution is 2.32. The third-order valence-electron chi connectivity index (χ3n) is 2.97. The normalized spacial score (nSPS) is 10.8. The molecule has 0 unspecified atom stereocenters. The van der Waals surface area contributed by atoms with Crippen molar-refractivity contribution in [1.82, 2.24) is 4.90 Å². The maximum atomic E-state index is 11.9. The largest absolute Gasteiger partial charge is 0.399 e. The standard InChI is InChI=1S/C14H21Cl2N3O/c1-3-6-19(4-2)7-5-13(20)18-14-11(15)8-10(17)9-12(14)16/h8-9H,3-7,17H2,1-2H3,(H,18,20). The van der Waals surface area contributed by atoms with E-state index in [0.717, 1.165) is 26.1 Å². The summed E-state index contributed by atoms with van der Waals surface area (Å²) in [4.78, 5) is 14.2. The van der Waals surface area contributed by atoms with Gasteiger partial charge in [-0.1, -0.05) is 37.0 Å². The summed E-state index contributed by atoms with van der Waals surface area (Å²) in [5.74, 6) is -0.104. The lowest BCUT2D eigenvalue weighted by Gasteiger charge is -2.19. The van der Waals surface area contributed by atoms with Crippen LogP contribution in [0.3, 0.4) is 0 Å². The number of amides is 1. The van der Waals surface area contributed by atoms with Crippen LogP contribution in [0.15, 0.2) is 12.1 Å². The highest BCUT2D eigenvalue weighted by atomic mass is 35.5.